The second-order valence-electron chi connectivity index (χ2n) is 7.66. The largest absolute Gasteiger partial charge is 0.447 e. The Balaban J connectivity index is 1.45. The number of nitrogens with zero attached hydrogens (tertiary/aromatic N) is 3. The molecule has 7 nitrogen and oxygen atoms in total. The molecule has 2 N–H and O–H groups in total. The number of nitrogens with one attached hydrogen (secondary N) is 1. The van der Waals surface area contributed by atoms with E-state index in [1.165, 1.54) is 6.26 Å². The van der Waals surface area contributed by atoms with Crippen LogP contribution in [-0.2, 0) is 13.1 Å². The fraction of sp³-hybridized carbons (Fsp3) is 0.500. The van der Waals surface area contributed by atoms with Gasteiger partial charge < -0.3 is 14.8 Å². The van der Waals surface area contributed by atoms with E-state index in [1.807, 2.05) is 44.2 Å². The molecule has 0 saturated carbocycles. The maximum atomic E-state index is 12.2. The van der Waals surface area contributed by atoms with Crippen LogP contribution in [-0.4, -0.2) is 64.1 Å². The number of benzene rings is 1. The van der Waals surface area contributed by atoms with E-state index in [-0.39, 0.29) is 5.91 Å². The zero-order chi connectivity index (χ0) is 19.3. The van der Waals surface area contributed by atoms with Gasteiger partial charge in [-0.25, -0.2) is 4.98 Å². The van der Waals surface area contributed by atoms with Gasteiger partial charge in [0.25, 0.3) is 5.91 Å². The molecule has 146 valence electrons. The highest BCUT2D eigenvalue weighted by atomic mass is 16.3. The fourth-order valence-corrected chi connectivity index (χ4v) is 3.20. The standard InChI is InChI=1S/C20H28N4O3/c1-20(2,26)15-24-10-8-23(9-11-24)13-18-22-17(14-27-18)19(25)21-12-16-6-4-3-5-7-16/h3-7,14,26H,8-13,15H2,1-2H3,(H,21,25). The van der Waals surface area contributed by atoms with Crippen LogP contribution < -0.4 is 5.32 Å². The van der Waals surface area contributed by atoms with Crippen LogP contribution in [0.25, 0.3) is 0 Å². The van der Waals surface area contributed by atoms with Gasteiger partial charge in [-0.15, -0.1) is 0 Å². The Kier molecular flexibility index (Phi) is 6.26. The smallest absolute Gasteiger partial charge is 0.273 e. The van der Waals surface area contributed by atoms with Crippen molar-refractivity contribution in [2.24, 2.45) is 0 Å². The van der Waals surface area contributed by atoms with E-state index in [1.54, 1.807) is 0 Å². The zero-order valence-corrected chi connectivity index (χ0v) is 16.0. The second-order valence-corrected chi connectivity index (χ2v) is 7.66. The number of aromatic nitrogens is 1. The number of oxazole rings is 1. The Bertz CT molecular complexity index is 731. The molecule has 1 aliphatic heterocycles. The van der Waals surface area contributed by atoms with Gasteiger partial charge in [-0.05, 0) is 19.4 Å². The predicted octanol–water partition coefficient (Wildman–Crippen LogP) is 1.49. The van der Waals surface area contributed by atoms with Crippen molar-refractivity contribution in [1.82, 2.24) is 20.1 Å². The first-order chi connectivity index (χ1) is 12.9. The number of hydrogen-bond acceptors (Lipinski definition) is 6. The summed E-state index contributed by atoms with van der Waals surface area (Å²) in [5, 5.41) is 12.8. The summed E-state index contributed by atoms with van der Waals surface area (Å²) in [6.45, 7) is 8.94. The van der Waals surface area contributed by atoms with Gasteiger partial charge in [-0.1, -0.05) is 30.3 Å². The van der Waals surface area contributed by atoms with Crippen molar-refractivity contribution in [2.75, 3.05) is 32.7 Å². The van der Waals surface area contributed by atoms with E-state index in [0.717, 1.165) is 31.7 Å². The molecule has 0 aliphatic carbocycles. The molecule has 1 amide bonds. The Morgan fingerprint density at radius 1 is 1.19 bits per heavy atom. The second kappa shape index (κ2) is 8.65. The maximum absolute atomic E-state index is 12.2. The van der Waals surface area contributed by atoms with E-state index in [0.29, 0.717) is 31.2 Å². The zero-order valence-electron chi connectivity index (χ0n) is 16.0. The summed E-state index contributed by atoms with van der Waals surface area (Å²) >= 11 is 0. The van der Waals surface area contributed by atoms with Gasteiger partial charge in [0.15, 0.2) is 5.69 Å². The maximum Gasteiger partial charge on any atom is 0.273 e. The lowest BCUT2D eigenvalue weighted by Crippen LogP contribution is -2.50. The Morgan fingerprint density at radius 2 is 1.85 bits per heavy atom. The summed E-state index contributed by atoms with van der Waals surface area (Å²) in [5.41, 5.74) is 0.673. The molecule has 27 heavy (non-hydrogen) atoms. The summed E-state index contributed by atoms with van der Waals surface area (Å²) in [4.78, 5) is 21.0. The SMILES string of the molecule is CC(C)(O)CN1CCN(Cc2nc(C(=O)NCc3ccccc3)co2)CC1. The molecule has 0 unspecified atom stereocenters. The minimum Gasteiger partial charge on any atom is -0.447 e. The van der Waals surface area contributed by atoms with E-state index < -0.39 is 5.60 Å². The van der Waals surface area contributed by atoms with Gasteiger partial charge in [0.2, 0.25) is 5.89 Å². The Morgan fingerprint density at radius 3 is 2.52 bits per heavy atom. The number of hydrogen-bond donors (Lipinski definition) is 2. The monoisotopic (exact) mass is 372 g/mol. The fourth-order valence-electron chi connectivity index (χ4n) is 3.20. The summed E-state index contributed by atoms with van der Waals surface area (Å²) in [7, 11) is 0. The third-order valence-corrected chi connectivity index (χ3v) is 4.51. The van der Waals surface area contributed by atoms with Gasteiger partial charge in [0.05, 0.1) is 12.1 Å². The minimum atomic E-state index is -0.674. The van der Waals surface area contributed by atoms with Crippen LogP contribution in [0.5, 0.6) is 0 Å². The summed E-state index contributed by atoms with van der Waals surface area (Å²) < 4.78 is 5.48. The van der Waals surface area contributed by atoms with E-state index in [2.05, 4.69) is 20.1 Å². The van der Waals surface area contributed by atoms with Gasteiger partial charge >= 0.3 is 0 Å². The Labute approximate surface area is 160 Å². The summed E-state index contributed by atoms with van der Waals surface area (Å²) in [5.74, 6) is 0.319. The molecular formula is C20H28N4O3. The molecule has 1 aromatic heterocycles. The quantitative estimate of drug-likeness (QED) is 0.766. The summed E-state index contributed by atoms with van der Waals surface area (Å²) in [6.07, 6.45) is 1.42. The van der Waals surface area contributed by atoms with Crippen LogP contribution in [0.4, 0.5) is 0 Å². The van der Waals surface area contributed by atoms with Crippen LogP contribution in [0, 0.1) is 0 Å². The number of carbonyl (C=O) groups excluding carboxylic acids is 1. The normalized spacial score (nSPS) is 16.4. The van der Waals surface area contributed by atoms with Crippen LogP contribution in [0.3, 0.4) is 0 Å². The van der Waals surface area contributed by atoms with Crippen molar-refractivity contribution in [3.63, 3.8) is 0 Å². The van der Waals surface area contributed by atoms with Crippen molar-refractivity contribution >= 4 is 5.91 Å². The van der Waals surface area contributed by atoms with Crippen LogP contribution in [0.15, 0.2) is 41.0 Å². The lowest BCUT2D eigenvalue weighted by Gasteiger charge is -2.36. The van der Waals surface area contributed by atoms with E-state index >= 15 is 0 Å². The molecule has 1 aliphatic rings. The van der Waals surface area contributed by atoms with Crippen LogP contribution in [0.2, 0.25) is 0 Å². The lowest BCUT2D eigenvalue weighted by molar-refractivity contribution is 0.0156. The molecular weight excluding hydrogens is 344 g/mol. The first-order valence-electron chi connectivity index (χ1n) is 9.33. The number of carbonyl (C=O) groups is 1. The molecule has 3 rings (SSSR count). The van der Waals surface area contributed by atoms with Gasteiger partial charge in [-0.2, -0.15) is 0 Å². The first kappa shape index (κ1) is 19.5. The number of β-amino-alcohol motifs (C(OH)–C–C–N with tert-alkyl or cyclic N) is 1. The highest BCUT2D eigenvalue weighted by molar-refractivity contribution is 5.91. The molecule has 0 bridgehead atoms. The molecule has 2 aromatic rings. The van der Waals surface area contributed by atoms with Crippen molar-refractivity contribution in [3.8, 4) is 0 Å². The molecule has 2 heterocycles. The topological polar surface area (TPSA) is 81.8 Å². The van der Waals surface area contributed by atoms with Crippen molar-refractivity contribution in [1.29, 1.82) is 0 Å². The lowest BCUT2D eigenvalue weighted by atomic mass is 10.1. The molecule has 0 spiro atoms. The number of rotatable bonds is 7. The van der Waals surface area contributed by atoms with Crippen LogP contribution >= 0.6 is 0 Å². The van der Waals surface area contributed by atoms with Crippen molar-refractivity contribution < 1.29 is 14.3 Å². The number of amides is 1. The third-order valence-electron chi connectivity index (χ3n) is 4.51. The minimum absolute atomic E-state index is 0.233. The predicted molar refractivity (Wildman–Crippen MR) is 102 cm³/mol. The molecule has 7 heteroatoms. The Hall–Kier alpha value is -2.22. The van der Waals surface area contributed by atoms with Crippen molar-refractivity contribution in [3.05, 3.63) is 53.7 Å². The number of aliphatic hydroxyl groups is 1. The first-order valence-corrected chi connectivity index (χ1v) is 9.33. The average Bonchev–Trinajstić information content (AvgIpc) is 3.10. The summed E-state index contributed by atoms with van der Waals surface area (Å²) in [6, 6.07) is 9.76. The highest BCUT2D eigenvalue weighted by Crippen LogP contribution is 2.12. The molecule has 1 aromatic carbocycles. The molecule has 1 fully saturated rings. The van der Waals surface area contributed by atoms with E-state index in [4.69, 9.17) is 4.42 Å². The molecule has 1 saturated heterocycles. The molecule has 0 radical (unpaired) electrons. The number of piperazine rings is 1. The third kappa shape index (κ3) is 6.16. The van der Waals surface area contributed by atoms with Crippen molar-refractivity contribution in [2.45, 2.75) is 32.5 Å². The van der Waals surface area contributed by atoms with Gasteiger partial charge in [0.1, 0.15) is 6.26 Å². The van der Waals surface area contributed by atoms with Crippen LogP contribution in [0.1, 0.15) is 35.8 Å². The van der Waals surface area contributed by atoms with E-state index in [9.17, 15) is 9.90 Å². The molecule has 0 atom stereocenters. The van der Waals surface area contributed by atoms with Gasteiger partial charge in [-0.3, -0.25) is 14.6 Å². The van der Waals surface area contributed by atoms with Gasteiger partial charge in [0, 0.05) is 39.3 Å². The highest BCUT2D eigenvalue weighted by Gasteiger charge is 2.23. The average molecular weight is 372 g/mol.